The molecule has 0 aliphatic carbocycles. The molecule has 0 radical (unpaired) electrons. The highest BCUT2D eigenvalue weighted by Gasteiger charge is 2.23. The summed E-state index contributed by atoms with van der Waals surface area (Å²) in [6.45, 7) is 1.91. The molecule has 1 amide bonds. The minimum atomic E-state index is -0.854. The van der Waals surface area contributed by atoms with Gasteiger partial charge in [0.05, 0.1) is 6.42 Å². The van der Waals surface area contributed by atoms with Gasteiger partial charge in [0.15, 0.2) is 0 Å². The summed E-state index contributed by atoms with van der Waals surface area (Å²) in [4.78, 5) is 24.9. The number of hydrogen-bond donors (Lipinski definition) is 2. The lowest BCUT2D eigenvalue weighted by Gasteiger charge is -2.28. The van der Waals surface area contributed by atoms with E-state index in [9.17, 15) is 9.59 Å². The molecule has 0 unspecified atom stereocenters. The third-order valence-corrected chi connectivity index (χ3v) is 3.67. The molecule has 1 aliphatic rings. The molecule has 5 heteroatoms. The first kappa shape index (κ1) is 14.5. The van der Waals surface area contributed by atoms with Crippen molar-refractivity contribution in [3.8, 4) is 0 Å². The lowest BCUT2D eigenvalue weighted by molar-refractivity contribution is -0.136. The molecular formula is C15H20N2O3. The molecule has 2 rings (SSSR count). The Labute approximate surface area is 118 Å². The maximum Gasteiger partial charge on any atom is 0.307 e. The summed E-state index contributed by atoms with van der Waals surface area (Å²) in [7, 11) is 2.06. The average Bonchev–Trinajstić information content (AvgIpc) is 2.41. The highest BCUT2D eigenvalue weighted by molar-refractivity contribution is 5.92. The second-order valence-electron chi connectivity index (χ2n) is 5.33. The van der Waals surface area contributed by atoms with Crippen LogP contribution in [0.15, 0.2) is 24.3 Å². The second-order valence-corrected chi connectivity index (χ2v) is 5.33. The van der Waals surface area contributed by atoms with Crippen LogP contribution in [0, 0.1) is 5.92 Å². The van der Waals surface area contributed by atoms with Gasteiger partial charge in [-0.25, -0.2) is 0 Å². The van der Waals surface area contributed by atoms with Crippen molar-refractivity contribution < 1.29 is 14.7 Å². The smallest absolute Gasteiger partial charge is 0.307 e. The second kappa shape index (κ2) is 6.52. The fourth-order valence-electron chi connectivity index (χ4n) is 2.40. The van der Waals surface area contributed by atoms with Crippen LogP contribution < -0.4 is 5.32 Å². The van der Waals surface area contributed by atoms with E-state index in [0.29, 0.717) is 0 Å². The molecule has 1 aromatic rings. The van der Waals surface area contributed by atoms with Gasteiger partial charge >= 0.3 is 5.97 Å². The number of nitrogens with one attached hydrogen (secondary N) is 1. The number of carbonyl (C=O) groups excluding carboxylic acids is 1. The van der Waals surface area contributed by atoms with Gasteiger partial charge in [0, 0.05) is 11.6 Å². The number of carbonyl (C=O) groups is 2. The van der Waals surface area contributed by atoms with Crippen molar-refractivity contribution in [2.75, 3.05) is 25.5 Å². The van der Waals surface area contributed by atoms with Crippen LogP contribution in [-0.2, 0) is 16.0 Å². The molecule has 0 saturated carbocycles. The van der Waals surface area contributed by atoms with E-state index in [4.69, 9.17) is 5.11 Å². The third-order valence-electron chi connectivity index (χ3n) is 3.67. The van der Waals surface area contributed by atoms with Crippen LogP contribution in [0.4, 0.5) is 5.69 Å². The van der Waals surface area contributed by atoms with Crippen LogP contribution in [0.5, 0.6) is 0 Å². The molecule has 0 aromatic heterocycles. The van der Waals surface area contributed by atoms with Crippen LogP contribution in [0.3, 0.4) is 0 Å². The van der Waals surface area contributed by atoms with Crippen LogP contribution in [0.1, 0.15) is 18.4 Å². The quantitative estimate of drug-likeness (QED) is 0.876. The fraction of sp³-hybridized carbons (Fsp3) is 0.467. The summed E-state index contributed by atoms with van der Waals surface area (Å²) in [5.41, 5.74) is 1.46. The number of likely N-dealkylation sites (tertiary alicyclic amines) is 1. The minimum absolute atomic E-state index is 0.00316. The highest BCUT2D eigenvalue weighted by Crippen LogP contribution is 2.19. The number of carboxylic acids is 1. The van der Waals surface area contributed by atoms with Gasteiger partial charge in [0.1, 0.15) is 0 Å². The van der Waals surface area contributed by atoms with Gasteiger partial charge in [-0.05, 0) is 50.7 Å². The van der Waals surface area contributed by atoms with Crippen molar-refractivity contribution in [2.24, 2.45) is 5.92 Å². The van der Waals surface area contributed by atoms with E-state index in [-0.39, 0.29) is 18.2 Å². The van der Waals surface area contributed by atoms with Crippen molar-refractivity contribution in [2.45, 2.75) is 19.3 Å². The SMILES string of the molecule is CN1CCC(C(=O)Nc2ccc(CC(=O)O)cc2)CC1. The van der Waals surface area contributed by atoms with Gasteiger partial charge in [0.2, 0.25) is 5.91 Å². The molecule has 5 nitrogen and oxygen atoms in total. The van der Waals surface area contributed by atoms with E-state index in [2.05, 4.69) is 17.3 Å². The van der Waals surface area contributed by atoms with Gasteiger partial charge in [0.25, 0.3) is 0 Å². The van der Waals surface area contributed by atoms with Crippen LogP contribution in [0.2, 0.25) is 0 Å². The molecule has 20 heavy (non-hydrogen) atoms. The number of amides is 1. The predicted octanol–water partition coefficient (Wildman–Crippen LogP) is 1.59. The Morgan fingerprint density at radius 1 is 1.25 bits per heavy atom. The number of rotatable bonds is 4. The third kappa shape index (κ3) is 4.06. The monoisotopic (exact) mass is 276 g/mol. The molecule has 0 spiro atoms. The predicted molar refractivity (Wildman–Crippen MR) is 76.6 cm³/mol. The van der Waals surface area contributed by atoms with Gasteiger partial charge in [-0.2, -0.15) is 0 Å². The number of carboxylic acid groups (broad SMARTS) is 1. The zero-order valence-corrected chi connectivity index (χ0v) is 11.6. The van der Waals surface area contributed by atoms with E-state index < -0.39 is 5.97 Å². The Morgan fingerprint density at radius 2 is 1.85 bits per heavy atom. The zero-order valence-electron chi connectivity index (χ0n) is 11.6. The van der Waals surface area contributed by atoms with E-state index in [0.717, 1.165) is 37.2 Å². The summed E-state index contributed by atoms with van der Waals surface area (Å²) >= 11 is 0. The lowest BCUT2D eigenvalue weighted by Crippen LogP contribution is -2.35. The van der Waals surface area contributed by atoms with E-state index >= 15 is 0 Å². The first-order valence-corrected chi connectivity index (χ1v) is 6.85. The Hall–Kier alpha value is -1.88. The van der Waals surface area contributed by atoms with Crippen molar-refractivity contribution in [1.82, 2.24) is 4.90 Å². The van der Waals surface area contributed by atoms with Crippen LogP contribution in [0.25, 0.3) is 0 Å². The minimum Gasteiger partial charge on any atom is -0.481 e. The topological polar surface area (TPSA) is 69.6 Å². The molecule has 108 valence electrons. The molecular weight excluding hydrogens is 256 g/mol. The first-order valence-electron chi connectivity index (χ1n) is 6.85. The number of nitrogens with zero attached hydrogens (tertiary/aromatic N) is 1. The average molecular weight is 276 g/mol. The molecule has 1 fully saturated rings. The molecule has 1 aliphatic heterocycles. The molecule has 1 saturated heterocycles. The standard InChI is InChI=1S/C15H20N2O3/c1-17-8-6-12(7-9-17)15(20)16-13-4-2-11(3-5-13)10-14(18)19/h2-5,12H,6-10H2,1H3,(H,16,20)(H,18,19). The van der Waals surface area contributed by atoms with E-state index in [1.54, 1.807) is 24.3 Å². The maximum absolute atomic E-state index is 12.1. The van der Waals surface area contributed by atoms with Crippen molar-refractivity contribution >= 4 is 17.6 Å². The van der Waals surface area contributed by atoms with Gasteiger partial charge in [-0.3, -0.25) is 9.59 Å². The van der Waals surface area contributed by atoms with E-state index in [1.165, 1.54) is 0 Å². The number of benzene rings is 1. The summed E-state index contributed by atoms with van der Waals surface area (Å²) in [6, 6.07) is 6.98. The normalized spacial score (nSPS) is 16.9. The van der Waals surface area contributed by atoms with Crippen LogP contribution in [-0.4, -0.2) is 42.0 Å². The van der Waals surface area contributed by atoms with Gasteiger partial charge in [-0.15, -0.1) is 0 Å². The van der Waals surface area contributed by atoms with Gasteiger partial charge < -0.3 is 15.3 Å². The Kier molecular flexibility index (Phi) is 4.74. The van der Waals surface area contributed by atoms with Crippen LogP contribution >= 0.6 is 0 Å². The first-order chi connectivity index (χ1) is 9.54. The van der Waals surface area contributed by atoms with E-state index in [1.807, 2.05) is 0 Å². The molecule has 1 aromatic carbocycles. The highest BCUT2D eigenvalue weighted by atomic mass is 16.4. The number of hydrogen-bond acceptors (Lipinski definition) is 3. The van der Waals surface area contributed by atoms with Gasteiger partial charge in [-0.1, -0.05) is 12.1 Å². The molecule has 0 bridgehead atoms. The lowest BCUT2D eigenvalue weighted by atomic mass is 9.96. The molecule has 2 N–H and O–H groups in total. The van der Waals surface area contributed by atoms with Crippen molar-refractivity contribution in [3.63, 3.8) is 0 Å². The zero-order chi connectivity index (χ0) is 14.5. The molecule has 1 heterocycles. The fourth-order valence-corrected chi connectivity index (χ4v) is 2.40. The molecule has 0 atom stereocenters. The summed E-state index contributed by atoms with van der Waals surface area (Å²) in [5, 5.41) is 11.6. The number of piperidine rings is 1. The Morgan fingerprint density at radius 3 is 2.40 bits per heavy atom. The summed E-state index contributed by atoms with van der Waals surface area (Å²) < 4.78 is 0. The Bertz CT molecular complexity index is 476. The summed E-state index contributed by atoms with van der Waals surface area (Å²) in [5.74, 6) is -0.720. The largest absolute Gasteiger partial charge is 0.481 e. The Balaban J connectivity index is 1.89. The van der Waals surface area contributed by atoms with Crippen molar-refractivity contribution in [1.29, 1.82) is 0 Å². The summed E-state index contributed by atoms with van der Waals surface area (Å²) in [6.07, 6.45) is 1.78. The number of anilines is 1. The van der Waals surface area contributed by atoms with Crippen molar-refractivity contribution in [3.05, 3.63) is 29.8 Å². The maximum atomic E-state index is 12.1. The number of aliphatic carboxylic acids is 1.